The maximum atomic E-state index is 12.6. The van der Waals surface area contributed by atoms with Crippen LogP contribution in [0.1, 0.15) is 47.9 Å². The zero-order chi connectivity index (χ0) is 19.4. The topological polar surface area (TPSA) is 62.7 Å². The van der Waals surface area contributed by atoms with Gasteiger partial charge in [-0.15, -0.1) is 0 Å². The first-order valence-corrected chi connectivity index (χ1v) is 10.0. The number of thiophene rings is 1. The van der Waals surface area contributed by atoms with Crippen LogP contribution in [0.3, 0.4) is 0 Å². The minimum atomic E-state index is -0.536. The second-order valence-corrected chi connectivity index (χ2v) is 8.33. The molecule has 1 aliphatic rings. The molecular weight excluding hydrogens is 362 g/mol. The van der Waals surface area contributed by atoms with Gasteiger partial charge < -0.3 is 14.5 Å². The third-order valence-electron chi connectivity index (χ3n) is 4.26. The van der Waals surface area contributed by atoms with Crippen LogP contribution < -0.4 is 4.90 Å². The number of anilines is 1. The van der Waals surface area contributed by atoms with E-state index in [2.05, 4.69) is 9.88 Å². The average molecular weight is 388 g/mol. The van der Waals surface area contributed by atoms with Gasteiger partial charge in [0.15, 0.2) is 0 Å². The van der Waals surface area contributed by atoms with Gasteiger partial charge in [0.2, 0.25) is 0 Å². The molecular formula is C20H25N3O3S. The van der Waals surface area contributed by atoms with E-state index in [0.29, 0.717) is 18.7 Å². The number of rotatable bonds is 3. The first-order chi connectivity index (χ1) is 12.8. The number of ether oxygens (including phenoxy) is 1. The summed E-state index contributed by atoms with van der Waals surface area (Å²) in [6, 6.07) is 5.30. The number of pyridine rings is 1. The summed E-state index contributed by atoms with van der Waals surface area (Å²) in [5.41, 5.74) is 0.704. The fourth-order valence-corrected chi connectivity index (χ4v) is 3.60. The van der Waals surface area contributed by atoms with E-state index in [1.165, 1.54) is 11.3 Å². The SMILES string of the molecule is CC(C)(C)OC(=O)c1ccnc(N2CCCN(C(=O)c3ccsc3)CC2)c1. The Labute approximate surface area is 163 Å². The van der Waals surface area contributed by atoms with Crippen molar-refractivity contribution in [2.45, 2.75) is 32.8 Å². The van der Waals surface area contributed by atoms with E-state index in [1.807, 2.05) is 42.5 Å². The van der Waals surface area contributed by atoms with E-state index >= 15 is 0 Å². The zero-order valence-corrected chi connectivity index (χ0v) is 16.8. The summed E-state index contributed by atoms with van der Waals surface area (Å²) < 4.78 is 5.44. The van der Waals surface area contributed by atoms with Crippen molar-refractivity contribution < 1.29 is 14.3 Å². The molecule has 0 aliphatic carbocycles. The molecule has 3 rings (SSSR count). The number of nitrogens with zero attached hydrogens (tertiary/aromatic N) is 3. The number of hydrogen-bond acceptors (Lipinski definition) is 6. The number of carbonyl (C=O) groups excluding carboxylic acids is 2. The van der Waals surface area contributed by atoms with Gasteiger partial charge in [-0.25, -0.2) is 9.78 Å². The molecule has 7 heteroatoms. The average Bonchev–Trinajstić information content (AvgIpc) is 3.04. The fourth-order valence-electron chi connectivity index (χ4n) is 2.97. The third-order valence-corrected chi connectivity index (χ3v) is 4.94. The standard InChI is InChI=1S/C20H25N3O3S/c1-20(2,3)26-19(25)15-5-7-21-17(13-15)22-8-4-9-23(11-10-22)18(24)16-6-12-27-14-16/h5-7,12-14H,4,8-11H2,1-3H3. The van der Waals surface area contributed by atoms with Crippen molar-refractivity contribution in [2.75, 3.05) is 31.1 Å². The van der Waals surface area contributed by atoms with Crippen molar-refractivity contribution in [2.24, 2.45) is 0 Å². The van der Waals surface area contributed by atoms with Crippen LogP contribution in [-0.2, 0) is 4.74 Å². The molecule has 3 heterocycles. The molecule has 0 saturated carbocycles. The van der Waals surface area contributed by atoms with E-state index in [1.54, 1.807) is 18.3 Å². The highest BCUT2D eigenvalue weighted by Gasteiger charge is 2.23. The number of hydrogen-bond donors (Lipinski definition) is 0. The number of aromatic nitrogens is 1. The van der Waals surface area contributed by atoms with Crippen molar-refractivity contribution in [1.29, 1.82) is 0 Å². The first-order valence-electron chi connectivity index (χ1n) is 9.09. The summed E-state index contributed by atoms with van der Waals surface area (Å²) in [6.45, 7) is 8.37. The van der Waals surface area contributed by atoms with Crippen LogP contribution in [0.2, 0.25) is 0 Å². The van der Waals surface area contributed by atoms with Crippen LogP contribution in [0, 0.1) is 0 Å². The van der Waals surface area contributed by atoms with Crippen molar-refractivity contribution in [3.05, 3.63) is 46.3 Å². The molecule has 0 bridgehead atoms. The smallest absolute Gasteiger partial charge is 0.338 e. The van der Waals surface area contributed by atoms with E-state index in [4.69, 9.17) is 4.74 Å². The second kappa shape index (κ2) is 8.08. The molecule has 1 amide bonds. The normalized spacial score (nSPS) is 15.4. The van der Waals surface area contributed by atoms with Crippen LogP contribution in [0.5, 0.6) is 0 Å². The van der Waals surface area contributed by atoms with Crippen molar-refractivity contribution in [3.8, 4) is 0 Å². The van der Waals surface area contributed by atoms with E-state index in [0.717, 1.165) is 30.9 Å². The summed E-state index contributed by atoms with van der Waals surface area (Å²) in [7, 11) is 0. The molecule has 1 aliphatic heterocycles. The Morgan fingerprint density at radius 3 is 2.63 bits per heavy atom. The summed E-state index contributed by atoms with van der Waals surface area (Å²) >= 11 is 1.53. The molecule has 144 valence electrons. The second-order valence-electron chi connectivity index (χ2n) is 7.55. The van der Waals surface area contributed by atoms with Gasteiger partial charge in [-0.3, -0.25) is 4.79 Å². The Balaban J connectivity index is 1.68. The molecule has 2 aromatic heterocycles. The Morgan fingerprint density at radius 1 is 1.11 bits per heavy atom. The fraction of sp³-hybridized carbons (Fsp3) is 0.450. The predicted octanol–water partition coefficient (Wildman–Crippen LogP) is 3.45. The van der Waals surface area contributed by atoms with Gasteiger partial charge in [0.1, 0.15) is 11.4 Å². The van der Waals surface area contributed by atoms with E-state index in [9.17, 15) is 9.59 Å². The quantitative estimate of drug-likeness (QED) is 0.755. The number of carbonyl (C=O) groups is 2. The van der Waals surface area contributed by atoms with Crippen molar-refractivity contribution in [1.82, 2.24) is 9.88 Å². The lowest BCUT2D eigenvalue weighted by Gasteiger charge is -2.23. The lowest BCUT2D eigenvalue weighted by atomic mass is 10.2. The Morgan fingerprint density at radius 2 is 1.93 bits per heavy atom. The molecule has 1 saturated heterocycles. The van der Waals surface area contributed by atoms with Crippen LogP contribution in [-0.4, -0.2) is 53.5 Å². The highest BCUT2D eigenvalue weighted by molar-refractivity contribution is 7.08. The summed E-state index contributed by atoms with van der Waals surface area (Å²) in [6.07, 6.45) is 2.49. The summed E-state index contributed by atoms with van der Waals surface area (Å²) in [5, 5.41) is 3.81. The summed E-state index contributed by atoms with van der Waals surface area (Å²) in [5.74, 6) is 0.465. The van der Waals surface area contributed by atoms with Gasteiger partial charge in [0, 0.05) is 37.8 Å². The van der Waals surface area contributed by atoms with Crippen LogP contribution >= 0.6 is 11.3 Å². The molecule has 0 unspecified atom stereocenters. The molecule has 0 radical (unpaired) electrons. The third kappa shape index (κ3) is 5.07. The van der Waals surface area contributed by atoms with E-state index in [-0.39, 0.29) is 11.9 Å². The molecule has 0 aromatic carbocycles. The molecule has 27 heavy (non-hydrogen) atoms. The van der Waals surface area contributed by atoms with E-state index < -0.39 is 5.60 Å². The maximum Gasteiger partial charge on any atom is 0.338 e. The Kier molecular flexibility index (Phi) is 5.79. The number of esters is 1. The number of amides is 1. The largest absolute Gasteiger partial charge is 0.456 e. The van der Waals surface area contributed by atoms with Crippen molar-refractivity contribution in [3.63, 3.8) is 0 Å². The van der Waals surface area contributed by atoms with Gasteiger partial charge in [-0.2, -0.15) is 11.3 Å². The lowest BCUT2D eigenvalue weighted by molar-refractivity contribution is 0.00693. The first kappa shape index (κ1) is 19.4. The zero-order valence-electron chi connectivity index (χ0n) is 16.0. The molecule has 6 nitrogen and oxygen atoms in total. The van der Waals surface area contributed by atoms with Crippen molar-refractivity contribution >= 4 is 29.0 Å². The van der Waals surface area contributed by atoms with Crippen LogP contribution in [0.25, 0.3) is 0 Å². The minimum Gasteiger partial charge on any atom is -0.456 e. The summed E-state index contributed by atoms with van der Waals surface area (Å²) in [4.78, 5) is 33.3. The molecule has 0 atom stereocenters. The molecule has 0 spiro atoms. The molecule has 2 aromatic rings. The van der Waals surface area contributed by atoms with Gasteiger partial charge in [0.25, 0.3) is 5.91 Å². The van der Waals surface area contributed by atoms with Gasteiger partial charge in [-0.1, -0.05) is 0 Å². The highest BCUT2D eigenvalue weighted by Crippen LogP contribution is 2.19. The predicted molar refractivity (Wildman–Crippen MR) is 106 cm³/mol. The van der Waals surface area contributed by atoms with Gasteiger partial charge in [-0.05, 0) is 50.8 Å². The van der Waals surface area contributed by atoms with Gasteiger partial charge in [0.05, 0.1) is 11.1 Å². The minimum absolute atomic E-state index is 0.0774. The van der Waals surface area contributed by atoms with Crippen LogP contribution in [0.15, 0.2) is 35.2 Å². The van der Waals surface area contributed by atoms with Crippen LogP contribution in [0.4, 0.5) is 5.82 Å². The van der Waals surface area contributed by atoms with Gasteiger partial charge >= 0.3 is 5.97 Å². The molecule has 0 N–H and O–H groups in total. The molecule has 1 fully saturated rings. The monoisotopic (exact) mass is 387 g/mol. The Bertz CT molecular complexity index is 799. The highest BCUT2D eigenvalue weighted by atomic mass is 32.1. The maximum absolute atomic E-state index is 12.6. The Hall–Kier alpha value is -2.41. The lowest BCUT2D eigenvalue weighted by Crippen LogP contribution is -2.35.